The minimum atomic E-state index is -3.57. The van der Waals surface area contributed by atoms with Crippen LogP contribution in [0.4, 0.5) is 5.69 Å². The quantitative estimate of drug-likeness (QED) is 0.706. The molecule has 0 bridgehead atoms. The third-order valence-electron chi connectivity index (χ3n) is 6.38. The van der Waals surface area contributed by atoms with E-state index in [0.29, 0.717) is 5.02 Å². The SMILES string of the molecule is COc1ccc(N2CCN([C@@H]3CCCC[C@H]3NS(=O)(=O)c3ccc(Cl)cc3)CC2)cc1. The second kappa shape index (κ2) is 9.77. The van der Waals surface area contributed by atoms with Crippen LogP contribution in [0.5, 0.6) is 5.75 Å². The average molecular weight is 464 g/mol. The highest BCUT2D eigenvalue weighted by Gasteiger charge is 2.34. The molecular weight excluding hydrogens is 434 g/mol. The molecule has 1 aliphatic heterocycles. The predicted molar refractivity (Wildman–Crippen MR) is 125 cm³/mol. The Kier molecular flexibility index (Phi) is 7.06. The van der Waals surface area contributed by atoms with Crippen molar-refractivity contribution in [2.45, 2.75) is 42.7 Å². The largest absolute Gasteiger partial charge is 0.497 e. The van der Waals surface area contributed by atoms with Crippen molar-refractivity contribution in [3.63, 3.8) is 0 Å². The molecule has 0 spiro atoms. The number of benzene rings is 2. The molecule has 1 aliphatic carbocycles. The molecule has 1 heterocycles. The van der Waals surface area contributed by atoms with Crippen molar-refractivity contribution in [2.24, 2.45) is 0 Å². The molecule has 2 atom stereocenters. The maximum Gasteiger partial charge on any atom is 0.240 e. The van der Waals surface area contributed by atoms with Crippen LogP contribution in [0.1, 0.15) is 25.7 Å². The summed E-state index contributed by atoms with van der Waals surface area (Å²) in [5, 5.41) is 0.532. The summed E-state index contributed by atoms with van der Waals surface area (Å²) in [5.74, 6) is 0.861. The van der Waals surface area contributed by atoms with E-state index in [1.165, 1.54) is 5.69 Å². The van der Waals surface area contributed by atoms with Crippen LogP contribution in [-0.2, 0) is 10.0 Å². The van der Waals surface area contributed by atoms with Crippen molar-refractivity contribution < 1.29 is 13.2 Å². The van der Waals surface area contributed by atoms with E-state index in [2.05, 4.69) is 26.7 Å². The molecule has 1 saturated carbocycles. The molecule has 168 valence electrons. The number of piperazine rings is 1. The van der Waals surface area contributed by atoms with E-state index in [0.717, 1.165) is 57.6 Å². The molecule has 31 heavy (non-hydrogen) atoms. The number of rotatable bonds is 6. The predicted octanol–water partition coefficient (Wildman–Crippen LogP) is 3.76. The van der Waals surface area contributed by atoms with Crippen LogP contribution in [0.2, 0.25) is 5.02 Å². The van der Waals surface area contributed by atoms with Crippen LogP contribution in [0.3, 0.4) is 0 Å². The fraction of sp³-hybridized carbons (Fsp3) is 0.478. The number of anilines is 1. The number of ether oxygens (including phenoxy) is 1. The first-order chi connectivity index (χ1) is 15.0. The van der Waals surface area contributed by atoms with Crippen molar-refractivity contribution >= 4 is 27.3 Å². The van der Waals surface area contributed by atoms with Gasteiger partial charge in [0, 0.05) is 49.0 Å². The number of nitrogens with zero attached hydrogens (tertiary/aromatic N) is 2. The average Bonchev–Trinajstić information content (AvgIpc) is 2.80. The van der Waals surface area contributed by atoms with Gasteiger partial charge in [-0.2, -0.15) is 0 Å². The Morgan fingerprint density at radius 1 is 0.935 bits per heavy atom. The van der Waals surface area contributed by atoms with Gasteiger partial charge in [-0.05, 0) is 61.4 Å². The molecule has 8 heteroatoms. The van der Waals surface area contributed by atoms with Crippen LogP contribution < -0.4 is 14.4 Å². The third-order valence-corrected chi connectivity index (χ3v) is 8.14. The summed E-state index contributed by atoms with van der Waals surface area (Å²) < 4.78 is 34.1. The fourth-order valence-electron chi connectivity index (χ4n) is 4.67. The molecule has 1 saturated heterocycles. The molecule has 2 aromatic rings. The highest BCUT2D eigenvalue weighted by Crippen LogP contribution is 2.27. The molecule has 0 amide bonds. The standard InChI is InChI=1S/C23H30ClN3O3S/c1-30-20-10-8-19(9-11-20)26-14-16-27(17-15-26)23-5-3-2-4-22(23)25-31(28,29)21-12-6-18(24)7-13-21/h6-13,22-23,25H,2-5,14-17H2,1H3/t22-,23-/m1/s1. The number of halogens is 1. The van der Waals surface area contributed by atoms with Crippen LogP contribution in [0.15, 0.2) is 53.4 Å². The lowest BCUT2D eigenvalue weighted by Gasteiger charge is -2.44. The molecule has 2 aliphatic rings. The minimum absolute atomic E-state index is 0.0676. The van der Waals surface area contributed by atoms with Crippen LogP contribution in [0, 0.1) is 0 Å². The van der Waals surface area contributed by atoms with E-state index >= 15 is 0 Å². The number of sulfonamides is 1. The van der Waals surface area contributed by atoms with Crippen molar-refractivity contribution in [3.05, 3.63) is 53.6 Å². The van der Waals surface area contributed by atoms with Gasteiger partial charge >= 0.3 is 0 Å². The molecule has 2 aromatic carbocycles. The molecule has 4 rings (SSSR count). The lowest BCUT2D eigenvalue weighted by atomic mass is 9.89. The van der Waals surface area contributed by atoms with E-state index in [1.54, 1.807) is 31.4 Å². The zero-order valence-electron chi connectivity index (χ0n) is 17.8. The van der Waals surface area contributed by atoms with E-state index < -0.39 is 10.0 Å². The number of nitrogens with one attached hydrogen (secondary N) is 1. The number of methoxy groups -OCH3 is 1. The first kappa shape index (κ1) is 22.4. The summed E-state index contributed by atoms with van der Waals surface area (Å²) in [6, 6.07) is 14.7. The van der Waals surface area contributed by atoms with E-state index in [9.17, 15) is 8.42 Å². The van der Waals surface area contributed by atoms with Crippen molar-refractivity contribution in [1.82, 2.24) is 9.62 Å². The highest BCUT2D eigenvalue weighted by atomic mass is 35.5. The lowest BCUT2D eigenvalue weighted by molar-refractivity contribution is 0.124. The van der Waals surface area contributed by atoms with E-state index in [-0.39, 0.29) is 17.0 Å². The Morgan fingerprint density at radius 2 is 1.58 bits per heavy atom. The Labute approximate surface area is 190 Å². The molecule has 2 fully saturated rings. The fourth-order valence-corrected chi connectivity index (χ4v) is 6.10. The normalized spacial score (nSPS) is 23.0. The summed E-state index contributed by atoms with van der Waals surface area (Å²) in [7, 11) is -1.89. The van der Waals surface area contributed by atoms with Crippen molar-refractivity contribution in [1.29, 1.82) is 0 Å². The lowest BCUT2D eigenvalue weighted by Crippen LogP contribution is -2.58. The number of hydrogen-bond donors (Lipinski definition) is 1. The van der Waals surface area contributed by atoms with Gasteiger partial charge in [-0.1, -0.05) is 24.4 Å². The molecule has 1 N–H and O–H groups in total. The van der Waals surface area contributed by atoms with Gasteiger partial charge in [0.1, 0.15) is 5.75 Å². The maximum atomic E-state index is 12.9. The first-order valence-electron chi connectivity index (χ1n) is 10.9. The maximum absolute atomic E-state index is 12.9. The van der Waals surface area contributed by atoms with E-state index in [4.69, 9.17) is 16.3 Å². The Bertz CT molecular complexity index is 959. The monoisotopic (exact) mass is 463 g/mol. The van der Waals surface area contributed by atoms with Crippen LogP contribution in [-0.4, -0.2) is 58.7 Å². The Morgan fingerprint density at radius 3 is 2.23 bits per heavy atom. The first-order valence-corrected chi connectivity index (χ1v) is 12.7. The molecule has 6 nitrogen and oxygen atoms in total. The summed E-state index contributed by atoms with van der Waals surface area (Å²) in [6.07, 6.45) is 4.09. The Balaban J connectivity index is 1.40. The van der Waals surface area contributed by atoms with Gasteiger partial charge in [0.2, 0.25) is 10.0 Å². The highest BCUT2D eigenvalue weighted by molar-refractivity contribution is 7.89. The molecule has 0 aromatic heterocycles. The minimum Gasteiger partial charge on any atom is -0.497 e. The molecule has 0 unspecified atom stereocenters. The molecule has 0 radical (unpaired) electrons. The van der Waals surface area contributed by atoms with Gasteiger partial charge in [-0.15, -0.1) is 0 Å². The van der Waals surface area contributed by atoms with Gasteiger partial charge in [-0.25, -0.2) is 13.1 Å². The topological polar surface area (TPSA) is 61.9 Å². The summed E-state index contributed by atoms with van der Waals surface area (Å²) in [6.45, 7) is 3.71. The Hall–Kier alpha value is -1.80. The van der Waals surface area contributed by atoms with Gasteiger partial charge in [0.05, 0.1) is 12.0 Å². The summed E-state index contributed by atoms with van der Waals surface area (Å²) in [4.78, 5) is 5.12. The zero-order valence-corrected chi connectivity index (χ0v) is 19.4. The van der Waals surface area contributed by atoms with Gasteiger partial charge in [-0.3, -0.25) is 4.90 Å². The van der Waals surface area contributed by atoms with Crippen LogP contribution in [0.25, 0.3) is 0 Å². The van der Waals surface area contributed by atoms with Gasteiger partial charge < -0.3 is 9.64 Å². The van der Waals surface area contributed by atoms with Crippen molar-refractivity contribution in [2.75, 3.05) is 38.2 Å². The van der Waals surface area contributed by atoms with E-state index in [1.807, 2.05) is 12.1 Å². The second-order valence-electron chi connectivity index (χ2n) is 8.25. The summed E-state index contributed by atoms with van der Waals surface area (Å²) in [5.41, 5.74) is 1.20. The smallest absolute Gasteiger partial charge is 0.240 e. The number of hydrogen-bond acceptors (Lipinski definition) is 5. The van der Waals surface area contributed by atoms with Crippen LogP contribution >= 0.6 is 11.6 Å². The third kappa shape index (κ3) is 5.34. The molecular formula is C23H30ClN3O3S. The van der Waals surface area contributed by atoms with Gasteiger partial charge in [0.25, 0.3) is 0 Å². The van der Waals surface area contributed by atoms with Crippen molar-refractivity contribution in [3.8, 4) is 5.75 Å². The summed E-state index contributed by atoms with van der Waals surface area (Å²) >= 11 is 5.92. The van der Waals surface area contributed by atoms with Gasteiger partial charge in [0.15, 0.2) is 0 Å². The zero-order chi connectivity index (χ0) is 21.8. The second-order valence-corrected chi connectivity index (χ2v) is 10.4.